The third-order valence-corrected chi connectivity index (χ3v) is 3.60. The minimum Gasteiger partial charge on any atom is -0.367 e. The van der Waals surface area contributed by atoms with Crippen molar-refractivity contribution in [2.75, 3.05) is 5.73 Å². The molecule has 0 atom stereocenters. The quantitative estimate of drug-likeness (QED) is 0.719. The third kappa shape index (κ3) is 2.60. The molecule has 1 aromatic heterocycles. The van der Waals surface area contributed by atoms with Crippen molar-refractivity contribution < 1.29 is 8.91 Å². The summed E-state index contributed by atoms with van der Waals surface area (Å²) < 4.78 is 18.3. The van der Waals surface area contributed by atoms with E-state index in [1.54, 1.807) is 30.3 Å². The van der Waals surface area contributed by atoms with Crippen molar-refractivity contribution in [1.82, 2.24) is 5.16 Å². The highest BCUT2D eigenvalue weighted by molar-refractivity contribution is 6.33. The van der Waals surface area contributed by atoms with E-state index < -0.39 is 5.82 Å². The zero-order chi connectivity index (χ0) is 15.0. The van der Waals surface area contributed by atoms with Crippen molar-refractivity contribution in [2.24, 2.45) is 0 Å². The number of benzene rings is 2. The highest BCUT2D eigenvalue weighted by Gasteiger charge is 2.19. The highest BCUT2D eigenvalue weighted by atomic mass is 35.5. The Bertz CT molecular complexity index is 800. The summed E-state index contributed by atoms with van der Waals surface area (Å²) in [4.78, 5) is 0. The van der Waals surface area contributed by atoms with Crippen molar-refractivity contribution in [1.29, 1.82) is 0 Å². The number of hydrogen-bond acceptors (Lipinski definition) is 3. The summed E-state index contributed by atoms with van der Waals surface area (Å²) in [5, 5.41) is 4.80. The van der Waals surface area contributed by atoms with Crippen LogP contribution in [0.1, 0.15) is 0 Å². The van der Waals surface area contributed by atoms with Gasteiger partial charge >= 0.3 is 0 Å². The number of anilines is 1. The van der Waals surface area contributed by atoms with Gasteiger partial charge in [-0.3, -0.25) is 0 Å². The Morgan fingerprint density at radius 1 is 1.05 bits per heavy atom. The lowest BCUT2D eigenvalue weighted by Gasteiger charge is -2.05. The second kappa shape index (κ2) is 5.39. The Balaban J connectivity index is 2.19. The minimum atomic E-state index is -0.424. The molecule has 0 unspecified atom stereocenters. The lowest BCUT2D eigenvalue weighted by molar-refractivity contribution is 0.439. The van der Waals surface area contributed by atoms with Crippen LogP contribution in [0.3, 0.4) is 0 Å². The number of hydrogen-bond donors (Lipinski definition) is 1. The first-order valence-corrected chi connectivity index (χ1v) is 6.78. The van der Waals surface area contributed by atoms with Crippen molar-refractivity contribution >= 4 is 29.1 Å². The van der Waals surface area contributed by atoms with Crippen LogP contribution in [0.25, 0.3) is 22.4 Å². The molecule has 3 nitrogen and oxygen atoms in total. The maximum atomic E-state index is 13.2. The van der Waals surface area contributed by atoms with Gasteiger partial charge in [-0.15, -0.1) is 0 Å². The van der Waals surface area contributed by atoms with Gasteiger partial charge in [0.1, 0.15) is 11.5 Å². The van der Waals surface area contributed by atoms with Gasteiger partial charge in [-0.1, -0.05) is 40.5 Å². The molecule has 1 heterocycles. The molecule has 106 valence electrons. The molecule has 3 aromatic rings. The topological polar surface area (TPSA) is 52.0 Å². The van der Waals surface area contributed by atoms with Gasteiger partial charge in [0.2, 0.25) is 5.88 Å². The molecule has 0 radical (unpaired) electrons. The van der Waals surface area contributed by atoms with E-state index in [9.17, 15) is 4.39 Å². The van der Waals surface area contributed by atoms with Crippen LogP contribution in [-0.2, 0) is 0 Å². The molecule has 0 amide bonds. The Kier molecular flexibility index (Phi) is 3.57. The predicted molar refractivity (Wildman–Crippen MR) is 81.8 cm³/mol. The maximum Gasteiger partial charge on any atom is 0.230 e. The number of nitrogens with two attached hydrogens (primary N) is 1. The fraction of sp³-hybridized carbons (Fsp3) is 0. The fourth-order valence-electron chi connectivity index (χ4n) is 2.06. The third-order valence-electron chi connectivity index (χ3n) is 3.04. The number of nitrogens with zero attached hydrogens (tertiary/aromatic N) is 1. The zero-order valence-corrected chi connectivity index (χ0v) is 12.1. The normalized spacial score (nSPS) is 10.8. The number of rotatable bonds is 2. The standard InChI is InChI=1S/C15H9Cl2FN2O/c16-9-3-1-8(2-4-9)14-13(15(19)21-20-14)11-6-5-10(18)7-12(11)17/h1-7H,19H2. The maximum absolute atomic E-state index is 13.2. The lowest BCUT2D eigenvalue weighted by atomic mass is 10.0. The molecular weight excluding hydrogens is 314 g/mol. The molecule has 0 aliphatic rings. The molecule has 0 bridgehead atoms. The second-order valence-corrected chi connectivity index (χ2v) is 5.25. The van der Waals surface area contributed by atoms with Crippen molar-refractivity contribution in [3.8, 4) is 22.4 Å². The first-order chi connectivity index (χ1) is 10.1. The summed E-state index contributed by atoms with van der Waals surface area (Å²) in [5.41, 5.74) is 8.23. The summed E-state index contributed by atoms with van der Waals surface area (Å²) in [7, 11) is 0. The molecule has 21 heavy (non-hydrogen) atoms. The van der Waals surface area contributed by atoms with E-state index in [2.05, 4.69) is 5.16 Å². The number of halogens is 3. The summed E-state index contributed by atoms with van der Waals surface area (Å²) in [6, 6.07) is 11.1. The molecule has 0 saturated heterocycles. The summed E-state index contributed by atoms with van der Waals surface area (Å²) in [5.74, 6) is -0.305. The van der Waals surface area contributed by atoms with Crippen LogP contribution in [0, 0.1) is 5.82 Å². The van der Waals surface area contributed by atoms with Gasteiger partial charge in [-0.25, -0.2) is 4.39 Å². The van der Waals surface area contributed by atoms with E-state index in [4.69, 9.17) is 33.5 Å². The first-order valence-electron chi connectivity index (χ1n) is 6.03. The van der Waals surface area contributed by atoms with E-state index in [1.165, 1.54) is 12.1 Å². The van der Waals surface area contributed by atoms with Gasteiger partial charge in [0, 0.05) is 16.1 Å². The minimum absolute atomic E-state index is 0.119. The molecule has 0 fully saturated rings. The Hall–Kier alpha value is -2.04. The van der Waals surface area contributed by atoms with Crippen molar-refractivity contribution in [3.63, 3.8) is 0 Å². The van der Waals surface area contributed by atoms with Gasteiger partial charge in [0.15, 0.2) is 0 Å². The van der Waals surface area contributed by atoms with Crippen molar-refractivity contribution in [3.05, 3.63) is 58.3 Å². The molecule has 0 saturated carbocycles. The van der Waals surface area contributed by atoms with E-state index >= 15 is 0 Å². The lowest BCUT2D eigenvalue weighted by Crippen LogP contribution is -1.89. The molecular formula is C15H9Cl2FN2O. The molecule has 2 aromatic carbocycles. The van der Waals surface area contributed by atoms with Crippen LogP contribution >= 0.6 is 23.2 Å². The predicted octanol–water partition coefficient (Wildman–Crippen LogP) is 5.04. The summed E-state index contributed by atoms with van der Waals surface area (Å²) in [6.45, 7) is 0. The second-order valence-electron chi connectivity index (χ2n) is 4.40. The SMILES string of the molecule is Nc1onc(-c2ccc(Cl)cc2)c1-c1ccc(F)cc1Cl. The van der Waals surface area contributed by atoms with Gasteiger partial charge < -0.3 is 10.3 Å². The Labute approximate surface area is 130 Å². The smallest absolute Gasteiger partial charge is 0.230 e. The van der Waals surface area contributed by atoms with Crippen LogP contribution in [0.15, 0.2) is 47.0 Å². The van der Waals surface area contributed by atoms with Gasteiger partial charge in [0.05, 0.1) is 10.6 Å². The molecule has 0 aliphatic carbocycles. The van der Waals surface area contributed by atoms with Crippen LogP contribution < -0.4 is 5.73 Å². The first kappa shape index (κ1) is 13.9. The van der Waals surface area contributed by atoms with Gasteiger partial charge in [-0.2, -0.15) is 0 Å². The summed E-state index contributed by atoms with van der Waals surface area (Å²) >= 11 is 12.0. The molecule has 6 heteroatoms. The van der Waals surface area contributed by atoms with E-state index in [-0.39, 0.29) is 10.9 Å². The van der Waals surface area contributed by atoms with Crippen LogP contribution in [0.5, 0.6) is 0 Å². The Morgan fingerprint density at radius 2 is 1.76 bits per heavy atom. The zero-order valence-electron chi connectivity index (χ0n) is 10.6. The number of aromatic nitrogens is 1. The Morgan fingerprint density at radius 3 is 2.43 bits per heavy atom. The van der Waals surface area contributed by atoms with Gasteiger partial charge in [-0.05, 0) is 30.3 Å². The summed E-state index contributed by atoms with van der Waals surface area (Å²) in [6.07, 6.45) is 0. The largest absolute Gasteiger partial charge is 0.367 e. The average molecular weight is 323 g/mol. The van der Waals surface area contributed by atoms with Crippen LogP contribution in [0.2, 0.25) is 10.0 Å². The molecule has 0 aliphatic heterocycles. The van der Waals surface area contributed by atoms with Crippen LogP contribution in [-0.4, -0.2) is 5.16 Å². The molecule has 2 N–H and O–H groups in total. The number of nitrogen functional groups attached to an aromatic ring is 1. The molecule has 3 rings (SSSR count). The van der Waals surface area contributed by atoms with Gasteiger partial charge in [0.25, 0.3) is 0 Å². The van der Waals surface area contributed by atoms with E-state index in [0.29, 0.717) is 21.8 Å². The van der Waals surface area contributed by atoms with Crippen LogP contribution in [0.4, 0.5) is 10.3 Å². The highest BCUT2D eigenvalue weighted by Crippen LogP contribution is 2.39. The van der Waals surface area contributed by atoms with Crippen molar-refractivity contribution in [2.45, 2.75) is 0 Å². The molecule has 0 spiro atoms. The fourth-order valence-corrected chi connectivity index (χ4v) is 2.45. The van der Waals surface area contributed by atoms with E-state index in [1.807, 2.05) is 0 Å². The monoisotopic (exact) mass is 322 g/mol. The van der Waals surface area contributed by atoms with E-state index in [0.717, 1.165) is 5.56 Å². The average Bonchev–Trinajstić information content (AvgIpc) is 2.82.